The minimum absolute atomic E-state index is 0.0654. The van der Waals surface area contributed by atoms with E-state index in [4.69, 9.17) is 24.2 Å². The lowest BCUT2D eigenvalue weighted by molar-refractivity contribution is 0.283. The summed E-state index contributed by atoms with van der Waals surface area (Å²) in [5.41, 5.74) is 1.86. The van der Waals surface area contributed by atoms with Crippen LogP contribution in [0.5, 0.6) is 23.0 Å². The van der Waals surface area contributed by atoms with Gasteiger partial charge in [0.1, 0.15) is 18.2 Å². The standard InChI is InChI=1S/C22H20N2O5/c1-26-18-8-4-14(10-20(18)27-2)13-29-19-9-6-15(11-21(19)28-3)17-7-5-16(12-23)22(25)24-17/h4-11H,13H2,1-3H3,(H,24,25). The molecule has 29 heavy (non-hydrogen) atoms. The first-order valence-corrected chi connectivity index (χ1v) is 8.75. The highest BCUT2D eigenvalue weighted by Crippen LogP contribution is 2.33. The molecule has 3 rings (SSSR count). The predicted octanol–water partition coefficient (Wildman–Crippen LogP) is 3.52. The van der Waals surface area contributed by atoms with E-state index in [2.05, 4.69) is 4.98 Å². The predicted molar refractivity (Wildman–Crippen MR) is 108 cm³/mol. The molecule has 0 fully saturated rings. The molecule has 0 amide bonds. The van der Waals surface area contributed by atoms with Crippen LogP contribution in [0.3, 0.4) is 0 Å². The molecule has 1 N–H and O–H groups in total. The molecule has 7 nitrogen and oxygen atoms in total. The number of nitrogens with zero attached hydrogens (tertiary/aromatic N) is 1. The van der Waals surface area contributed by atoms with Crippen molar-refractivity contribution in [2.24, 2.45) is 0 Å². The van der Waals surface area contributed by atoms with Crippen molar-refractivity contribution in [3.05, 3.63) is 70.0 Å². The van der Waals surface area contributed by atoms with Gasteiger partial charge in [-0.2, -0.15) is 5.26 Å². The highest BCUT2D eigenvalue weighted by Gasteiger charge is 2.10. The quantitative estimate of drug-likeness (QED) is 0.661. The molecule has 0 aliphatic rings. The molecule has 0 aliphatic heterocycles. The van der Waals surface area contributed by atoms with Gasteiger partial charge in [-0.05, 0) is 48.0 Å². The number of H-pyrrole nitrogens is 1. The first-order chi connectivity index (χ1) is 14.1. The third-order valence-electron chi connectivity index (χ3n) is 4.35. The molecule has 1 aromatic heterocycles. The van der Waals surface area contributed by atoms with E-state index in [9.17, 15) is 4.79 Å². The summed E-state index contributed by atoms with van der Waals surface area (Å²) in [6, 6.07) is 15.9. The number of benzene rings is 2. The third kappa shape index (κ3) is 4.33. The second-order valence-electron chi connectivity index (χ2n) is 6.07. The van der Waals surface area contributed by atoms with Gasteiger partial charge in [0.25, 0.3) is 5.56 Å². The molecule has 7 heteroatoms. The zero-order valence-corrected chi connectivity index (χ0v) is 16.3. The number of hydrogen-bond acceptors (Lipinski definition) is 6. The molecule has 0 saturated carbocycles. The van der Waals surface area contributed by atoms with E-state index in [1.165, 1.54) is 6.07 Å². The maximum Gasteiger partial charge on any atom is 0.266 e. The van der Waals surface area contributed by atoms with Crippen LogP contribution in [0.25, 0.3) is 11.3 Å². The molecule has 0 spiro atoms. The van der Waals surface area contributed by atoms with E-state index in [0.29, 0.717) is 35.3 Å². The average molecular weight is 392 g/mol. The summed E-state index contributed by atoms with van der Waals surface area (Å²) in [7, 11) is 4.71. The second-order valence-corrected chi connectivity index (χ2v) is 6.07. The first kappa shape index (κ1) is 19.8. The van der Waals surface area contributed by atoms with Gasteiger partial charge in [0.05, 0.1) is 21.3 Å². The van der Waals surface area contributed by atoms with Gasteiger partial charge in [0.2, 0.25) is 0 Å². The minimum atomic E-state index is -0.433. The van der Waals surface area contributed by atoms with E-state index in [1.807, 2.05) is 30.3 Å². The fourth-order valence-corrected chi connectivity index (χ4v) is 2.82. The summed E-state index contributed by atoms with van der Waals surface area (Å²) in [6.45, 7) is 0.309. The van der Waals surface area contributed by atoms with E-state index < -0.39 is 5.56 Å². The molecule has 0 saturated heterocycles. The highest BCUT2D eigenvalue weighted by atomic mass is 16.5. The lowest BCUT2D eigenvalue weighted by Crippen LogP contribution is -2.10. The Kier molecular flexibility index (Phi) is 6.05. The van der Waals surface area contributed by atoms with Crippen LogP contribution in [0.1, 0.15) is 11.1 Å². The van der Waals surface area contributed by atoms with Crippen molar-refractivity contribution in [3.63, 3.8) is 0 Å². The van der Waals surface area contributed by atoms with Crippen LogP contribution >= 0.6 is 0 Å². The summed E-state index contributed by atoms with van der Waals surface area (Å²) in [5.74, 6) is 2.35. The Hall–Kier alpha value is -3.92. The average Bonchev–Trinajstić information content (AvgIpc) is 2.77. The number of pyridine rings is 1. The van der Waals surface area contributed by atoms with Crippen molar-refractivity contribution in [2.45, 2.75) is 6.61 Å². The van der Waals surface area contributed by atoms with Crippen LogP contribution in [0, 0.1) is 11.3 Å². The number of rotatable bonds is 7. The topological polar surface area (TPSA) is 93.6 Å². The summed E-state index contributed by atoms with van der Waals surface area (Å²) >= 11 is 0. The van der Waals surface area contributed by atoms with E-state index in [0.717, 1.165) is 11.1 Å². The minimum Gasteiger partial charge on any atom is -0.493 e. The van der Waals surface area contributed by atoms with E-state index >= 15 is 0 Å². The number of aromatic nitrogens is 1. The second kappa shape index (κ2) is 8.85. The monoisotopic (exact) mass is 392 g/mol. The summed E-state index contributed by atoms with van der Waals surface area (Å²) in [6.07, 6.45) is 0. The van der Waals surface area contributed by atoms with Gasteiger partial charge in [-0.15, -0.1) is 0 Å². The van der Waals surface area contributed by atoms with Crippen molar-refractivity contribution in [1.82, 2.24) is 4.98 Å². The molecule has 3 aromatic rings. The lowest BCUT2D eigenvalue weighted by atomic mass is 10.1. The number of nitrogens with one attached hydrogen (secondary N) is 1. The molecule has 0 aliphatic carbocycles. The zero-order chi connectivity index (χ0) is 20.8. The Morgan fingerprint density at radius 1 is 0.862 bits per heavy atom. The molecular weight excluding hydrogens is 372 g/mol. The SMILES string of the molecule is COc1ccc(COc2ccc(-c3ccc(C#N)c(=O)[nH]3)cc2OC)cc1OC. The number of nitriles is 1. The van der Waals surface area contributed by atoms with Crippen molar-refractivity contribution in [3.8, 4) is 40.3 Å². The van der Waals surface area contributed by atoms with Crippen LogP contribution in [-0.2, 0) is 6.61 Å². The van der Waals surface area contributed by atoms with Gasteiger partial charge in [-0.1, -0.05) is 6.07 Å². The molecule has 2 aromatic carbocycles. The Balaban J connectivity index is 1.82. The number of methoxy groups -OCH3 is 3. The van der Waals surface area contributed by atoms with Gasteiger partial charge in [-0.25, -0.2) is 0 Å². The molecule has 0 atom stereocenters. The van der Waals surface area contributed by atoms with Crippen molar-refractivity contribution < 1.29 is 18.9 Å². The highest BCUT2D eigenvalue weighted by molar-refractivity contribution is 5.64. The zero-order valence-electron chi connectivity index (χ0n) is 16.3. The largest absolute Gasteiger partial charge is 0.493 e. The fourth-order valence-electron chi connectivity index (χ4n) is 2.82. The van der Waals surface area contributed by atoms with Crippen molar-refractivity contribution in [1.29, 1.82) is 5.26 Å². The third-order valence-corrected chi connectivity index (χ3v) is 4.35. The van der Waals surface area contributed by atoms with E-state index in [1.54, 1.807) is 39.5 Å². The Bertz CT molecular complexity index is 1110. The smallest absolute Gasteiger partial charge is 0.266 e. The molecule has 0 radical (unpaired) electrons. The molecular formula is C22H20N2O5. The van der Waals surface area contributed by atoms with Crippen molar-refractivity contribution in [2.75, 3.05) is 21.3 Å². The van der Waals surface area contributed by atoms with Gasteiger partial charge in [0, 0.05) is 11.3 Å². The maximum absolute atomic E-state index is 11.9. The van der Waals surface area contributed by atoms with Gasteiger partial charge >= 0.3 is 0 Å². The lowest BCUT2D eigenvalue weighted by Gasteiger charge is -2.14. The maximum atomic E-state index is 11.9. The van der Waals surface area contributed by atoms with Gasteiger partial charge in [0.15, 0.2) is 23.0 Å². The number of aromatic amines is 1. The van der Waals surface area contributed by atoms with Crippen LogP contribution in [-0.4, -0.2) is 26.3 Å². The normalized spacial score (nSPS) is 10.1. The van der Waals surface area contributed by atoms with Crippen LogP contribution in [0.15, 0.2) is 53.3 Å². The van der Waals surface area contributed by atoms with Crippen molar-refractivity contribution >= 4 is 0 Å². The van der Waals surface area contributed by atoms with E-state index in [-0.39, 0.29) is 5.56 Å². The summed E-state index contributed by atoms with van der Waals surface area (Å²) in [5, 5.41) is 8.89. The molecule has 0 unspecified atom stereocenters. The molecule has 1 heterocycles. The summed E-state index contributed by atoms with van der Waals surface area (Å²) in [4.78, 5) is 14.6. The van der Waals surface area contributed by atoms with Crippen LogP contribution in [0.4, 0.5) is 0 Å². The summed E-state index contributed by atoms with van der Waals surface area (Å²) < 4.78 is 21.9. The van der Waals surface area contributed by atoms with Gasteiger partial charge < -0.3 is 23.9 Å². The first-order valence-electron chi connectivity index (χ1n) is 8.75. The molecule has 0 bridgehead atoms. The van der Waals surface area contributed by atoms with Gasteiger partial charge in [-0.3, -0.25) is 4.79 Å². The van der Waals surface area contributed by atoms with Crippen LogP contribution in [0.2, 0.25) is 0 Å². The fraction of sp³-hybridized carbons (Fsp3) is 0.182. The Labute approximate surface area is 168 Å². The number of ether oxygens (including phenoxy) is 4. The Morgan fingerprint density at radius 2 is 1.55 bits per heavy atom. The Morgan fingerprint density at radius 3 is 2.21 bits per heavy atom. The number of hydrogen-bond donors (Lipinski definition) is 1. The van der Waals surface area contributed by atoms with Crippen LogP contribution < -0.4 is 24.5 Å². The molecule has 148 valence electrons.